The van der Waals surface area contributed by atoms with E-state index in [-0.39, 0.29) is 8.41 Å². The van der Waals surface area contributed by atoms with Crippen LogP contribution in [0.4, 0.5) is 0 Å². The first kappa shape index (κ1) is 9.24. The molecule has 0 aliphatic rings. The molecule has 1 rings (SSSR count). The van der Waals surface area contributed by atoms with Crippen LogP contribution in [0.5, 0.6) is 0 Å². The van der Waals surface area contributed by atoms with E-state index in [4.69, 9.17) is 5.73 Å². The molecule has 3 radical (unpaired) electrons. The Morgan fingerprint density at radius 2 is 1.70 bits per heavy atom. The highest BCUT2D eigenvalue weighted by Crippen LogP contribution is 1.96. The molecule has 0 aliphatic carbocycles. The third-order valence-electron chi connectivity index (χ3n) is 1.28. The highest BCUT2D eigenvalue weighted by atomic mass is 14.5. The van der Waals surface area contributed by atoms with E-state index in [1.54, 1.807) is 0 Å². The van der Waals surface area contributed by atoms with Crippen molar-refractivity contribution in [3.8, 4) is 0 Å². The second-order valence-corrected chi connectivity index (χ2v) is 2.02. The lowest BCUT2D eigenvalue weighted by atomic mass is 10.2. The van der Waals surface area contributed by atoms with E-state index in [1.165, 1.54) is 5.56 Å². The smallest absolute Gasteiger partial charge is 0 e. The Morgan fingerprint density at radius 3 is 2.20 bits per heavy atom. The Kier molecular flexibility index (Phi) is 4.68. The molecule has 0 amide bonds. The van der Waals surface area contributed by atoms with Crippen molar-refractivity contribution in [1.29, 1.82) is 0 Å². The van der Waals surface area contributed by atoms with Crippen molar-refractivity contribution < 1.29 is 0 Å². The summed E-state index contributed by atoms with van der Waals surface area (Å²) in [7, 11) is 0. The maximum absolute atomic E-state index is 5.36. The highest BCUT2D eigenvalue weighted by Gasteiger charge is 1.84. The maximum atomic E-state index is 5.36. The molecular formula is C8H11BN. The molecule has 1 aromatic rings. The Labute approximate surface area is 63.8 Å². The van der Waals surface area contributed by atoms with E-state index >= 15 is 0 Å². The zero-order chi connectivity index (χ0) is 6.53. The van der Waals surface area contributed by atoms with Crippen molar-refractivity contribution in [2.75, 3.05) is 6.54 Å². The molecule has 51 valence electrons. The Morgan fingerprint density at radius 1 is 1.10 bits per heavy atom. The second-order valence-electron chi connectivity index (χ2n) is 2.02. The van der Waals surface area contributed by atoms with Crippen LogP contribution in [0, 0.1) is 0 Å². The van der Waals surface area contributed by atoms with Crippen LogP contribution in [0.25, 0.3) is 0 Å². The van der Waals surface area contributed by atoms with Crippen molar-refractivity contribution in [1.82, 2.24) is 0 Å². The van der Waals surface area contributed by atoms with Crippen LogP contribution in [0.1, 0.15) is 5.56 Å². The predicted molar refractivity (Wildman–Crippen MR) is 45.0 cm³/mol. The zero-order valence-corrected chi connectivity index (χ0v) is 5.96. The molecule has 0 heterocycles. The van der Waals surface area contributed by atoms with Gasteiger partial charge in [0.05, 0.1) is 0 Å². The molecule has 0 aliphatic heterocycles. The molecule has 0 unspecified atom stereocenters. The summed E-state index contributed by atoms with van der Waals surface area (Å²) in [6.45, 7) is 0.740. The van der Waals surface area contributed by atoms with Crippen LogP contribution in [0.2, 0.25) is 0 Å². The molecule has 0 saturated carbocycles. The summed E-state index contributed by atoms with van der Waals surface area (Å²) in [5, 5.41) is 0. The standard InChI is InChI=1S/C8H11N.B/c9-7-6-8-4-2-1-3-5-8;/h1-5H,6-7,9H2;. The third kappa shape index (κ3) is 2.69. The van der Waals surface area contributed by atoms with Crippen LogP contribution in [-0.4, -0.2) is 15.0 Å². The molecular weight excluding hydrogens is 121 g/mol. The Hall–Kier alpha value is -0.755. The fraction of sp³-hybridized carbons (Fsp3) is 0.250. The van der Waals surface area contributed by atoms with Crippen molar-refractivity contribution in [2.24, 2.45) is 5.73 Å². The molecule has 2 heteroatoms. The van der Waals surface area contributed by atoms with Crippen molar-refractivity contribution in [3.63, 3.8) is 0 Å². The lowest BCUT2D eigenvalue weighted by Crippen LogP contribution is -2.01. The highest BCUT2D eigenvalue weighted by molar-refractivity contribution is 5.75. The fourth-order valence-corrected chi connectivity index (χ4v) is 0.811. The maximum Gasteiger partial charge on any atom is 0 e. The van der Waals surface area contributed by atoms with Gasteiger partial charge in [-0.15, -0.1) is 0 Å². The van der Waals surface area contributed by atoms with Gasteiger partial charge >= 0.3 is 0 Å². The minimum absolute atomic E-state index is 0. The first-order valence-electron chi connectivity index (χ1n) is 3.17. The molecule has 0 atom stereocenters. The van der Waals surface area contributed by atoms with Crippen LogP contribution >= 0.6 is 0 Å². The average molecular weight is 132 g/mol. The van der Waals surface area contributed by atoms with E-state index in [0.29, 0.717) is 0 Å². The molecule has 0 saturated heterocycles. The van der Waals surface area contributed by atoms with E-state index in [2.05, 4.69) is 12.1 Å². The molecule has 0 aromatic heterocycles. The summed E-state index contributed by atoms with van der Waals surface area (Å²) >= 11 is 0. The van der Waals surface area contributed by atoms with Gasteiger partial charge in [-0.2, -0.15) is 0 Å². The number of hydrogen-bond donors (Lipinski definition) is 1. The van der Waals surface area contributed by atoms with E-state index in [0.717, 1.165) is 13.0 Å². The van der Waals surface area contributed by atoms with Gasteiger partial charge in [0.1, 0.15) is 0 Å². The third-order valence-corrected chi connectivity index (χ3v) is 1.28. The molecule has 0 spiro atoms. The lowest BCUT2D eigenvalue weighted by molar-refractivity contribution is 0.969. The monoisotopic (exact) mass is 132 g/mol. The summed E-state index contributed by atoms with van der Waals surface area (Å²) in [5.74, 6) is 0. The molecule has 0 bridgehead atoms. The van der Waals surface area contributed by atoms with Gasteiger partial charge in [-0.1, -0.05) is 30.3 Å². The Bertz CT molecular complexity index is 162. The predicted octanol–water partition coefficient (Wildman–Crippen LogP) is 0.807. The molecule has 2 N–H and O–H groups in total. The van der Waals surface area contributed by atoms with Gasteiger partial charge < -0.3 is 5.73 Å². The first-order valence-corrected chi connectivity index (χ1v) is 3.17. The minimum atomic E-state index is 0. The number of nitrogens with two attached hydrogens (primary N) is 1. The summed E-state index contributed by atoms with van der Waals surface area (Å²) in [6, 6.07) is 10.3. The summed E-state index contributed by atoms with van der Waals surface area (Å²) < 4.78 is 0. The van der Waals surface area contributed by atoms with E-state index < -0.39 is 0 Å². The van der Waals surface area contributed by atoms with Gasteiger partial charge in [-0.05, 0) is 18.5 Å². The van der Waals surface area contributed by atoms with Gasteiger partial charge in [-0.25, -0.2) is 0 Å². The van der Waals surface area contributed by atoms with Gasteiger partial charge in [0, 0.05) is 8.41 Å². The number of rotatable bonds is 2. The quantitative estimate of drug-likeness (QED) is 0.592. The van der Waals surface area contributed by atoms with Crippen molar-refractivity contribution >= 4 is 8.41 Å². The SMILES string of the molecule is NCCc1ccccc1.[B]. The van der Waals surface area contributed by atoms with Crippen LogP contribution in [0.15, 0.2) is 30.3 Å². The van der Waals surface area contributed by atoms with Crippen molar-refractivity contribution in [3.05, 3.63) is 35.9 Å². The van der Waals surface area contributed by atoms with Crippen molar-refractivity contribution in [2.45, 2.75) is 6.42 Å². The Balaban J connectivity index is 0.000000810. The van der Waals surface area contributed by atoms with Crippen LogP contribution in [0.3, 0.4) is 0 Å². The van der Waals surface area contributed by atoms with Crippen LogP contribution in [-0.2, 0) is 6.42 Å². The van der Waals surface area contributed by atoms with Gasteiger partial charge in [0.15, 0.2) is 0 Å². The summed E-state index contributed by atoms with van der Waals surface area (Å²) in [5.41, 5.74) is 6.68. The summed E-state index contributed by atoms with van der Waals surface area (Å²) in [6.07, 6.45) is 0.987. The average Bonchev–Trinajstić information content (AvgIpc) is 1.91. The molecule has 0 fully saturated rings. The number of hydrogen-bond acceptors (Lipinski definition) is 1. The fourth-order valence-electron chi connectivity index (χ4n) is 0.811. The summed E-state index contributed by atoms with van der Waals surface area (Å²) in [4.78, 5) is 0. The number of benzene rings is 1. The van der Waals surface area contributed by atoms with Gasteiger partial charge in [0.2, 0.25) is 0 Å². The molecule has 1 aromatic carbocycles. The van der Waals surface area contributed by atoms with E-state index in [9.17, 15) is 0 Å². The minimum Gasteiger partial charge on any atom is -0.330 e. The topological polar surface area (TPSA) is 26.0 Å². The lowest BCUT2D eigenvalue weighted by Gasteiger charge is -1.93. The van der Waals surface area contributed by atoms with Gasteiger partial charge in [-0.3, -0.25) is 0 Å². The van der Waals surface area contributed by atoms with E-state index in [1.807, 2.05) is 18.2 Å². The first-order chi connectivity index (χ1) is 4.43. The normalized spacial score (nSPS) is 8.50. The largest absolute Gasteiger partial charge is 0.330 e. The van der Waals surface area contributed by atoms with Crippen LogP contribution < -0.4 is 5.73 Å². The second kappa shape index (κ2) is 5.06. The molecule has 1 nitrogen and oxygen atoms in total. The van der Waals surface area contributed by atoms with Gasteiger partial charge in [0.25, 0.3) is 0 Å². The zero-order valence-electron chi connectivity index (χ0n) is 5.96. The molecule has 10 heavy (non-hydrogen) atoms.